The van der Waals surface area contributed by atoms with Crippen molar-refractivity contribution in [3.63, 3.8) is 0 Å². The second kappa shape index (κ2) is 7.72. The van der Waals surface area contributed by atoms with Crippen molar-refractivity contribution >= 4 is 49.1 Å². The number of pyridine rings is 1. The average molecular weight is 458 g/mol. The van der Waals surface area contributed by atoms with Gasteiger partial charge in [0.2, 0.25) is 9.84 Å². The number of aromatic nitrogens is 3. The van der Waals surface area contributed by atoms with Crippen LogP contribution in [0.5, 0.6) is 0 Å². The van der Waals surface area contributed by atoms with Crippen molar-refractivity contribution < 1.29 is 13.2 Å². The molecular formula is C24H19N5O3S. The van der Waals surface area contributed by atoms with Crippen LogP contribution in [0.1, 0.15) is 10.4 Å². The van der Waals surface area contributed by atoms with E-state index >= 15 is 0 Å². The van der Waals surface area contributed by atoms with Crippen LogP contribution >= 0.6 is 0 Å². The molecule has 5 aromatic rings. The summed E-state index contributed by atoms with van der Waals surface area (Å²) < 4.78 is 28.2. The number of fused-ring (bicyclic) bond motifs is 2. The molecule has 3 aromatic carbocycles. The lowest BCUT2D eigenvalue weighted by Crippen LogP contribution is -2.14. The van der Waals surface area contributed by atoms with Crippen LogP contribution in [0.15, 0.2) is 89.0 Å². The minimum Gasteiger partial charge on any atom is -0.365 e. The second-order valence-corrected chi connectivity index (χ2v) is 9.54. The number of anilines is 2. The lowest BCUT2D eigenvalue weighted by atomic mass is 10.1. The Kier molecular flexibility index (Phi) is 4.83. The SMILES string of the molecule is Cn1cnc2ccc(Nc3c(C(N)=O)cnc4ccc(S(=O)(=O)c5ccccc5)cc34)cc21. The number of hydrogen-bond acceptors (Lipinski definition) is 6. The van der Waals surface area contributed by atoms with E-state index in [2.05, 4.69) is 15.3 Å². The van der Waals surface area contributed by atoms with E-state index in [4.69, 9.17) is 5.73 Å². The Bertz CT molecular complexity index is 1640. The molecule has 8 nitrogen and oxygen atoms in total. The lowest BCUT2D eigenvalue weighted by molar-refractivity contribution is 0.100. The van der Waals surface area contributed by atoms with Crippen LogP contribution in [0, 0.1) is 0 Å². The zero-order chi connectivity index (χ0) is 23.2. The molecule has 0 bridgehead atoms. The average Bonchev–Trinajstić information content (AvgIpc) is 3.19. The van der Waals surface area contributed by atoms with Gasteiger partial charge in [0, 0.05) is 24.3 Å². The van der Waals surface area contributed by atoms with Gasteiger partial charge < -0.3 is 15.6 Å². The van der Waals surface area contributed by atoms with E-state index in [0.29, 0.717) is 22.3 Å². The van der Waals surface area contributed by atoms with Gasteiger partial charge in [0.15, 0.2) is 0 Å². The number of rotatable bonds is 5. The summed E-state index contributed by atoms with van der Waals surface area (Å²) in [5.74, 6) is -0.676. The van der Waals surface area contributed by atoms with E-state index in [9.17, 15) is 13.2 Å². The van der Waals surface area contributed by atoms with Crippen LogP contribution in [-0.4, -0.2) is 28.9 Å². The van der Waals surface area contributed by atoms with Gasteiger partial charge in [-0.15, -0.1) is 0 Å². The van der Waals surface area contributed by atoms with E-state index in [1.165, 1.54) is 18.3 Å². The topological polar surface area (TPSA) is 120 Å². The molecule has 9 heteroatoms. The second-order valence-electron chi connectivity index (χ2n) is 7.59. The summed E-state index contributed by atoms with van der Waals surface area (Å²) in [6.07, 6.45) is 3.10. The maximum Gasteiger partial charge on any atom is 0.252 e. The summed E-state index contributed by atoms with van der Waals surface area (Å²) in [5.41, 5.74) is 9.10. The third-order valence-electron chi connectivity index (χ3n) is 5.46. The molecule has 1 amide bonds. The quantitative estimate of drug-likeness (QED) is 0.414. The molecule has 0 aliphatic rings. The Balaban J connectivity index is 1.70. The Morgan fingerprint density at radius 3 is 2.45 bits per heavy atom. The van der Waals surface area contributed by atoms with Crippen LogP contribution in [-0.2, 0) is 16.9 Å². The largest absolute Gasteiger partial charge is 0.365 e. The van der Waals surface area contributed by atoms with E-state index in [1.54, 1.807) is 42.7 Å². The lowest BCUT2D eigenvalue weighted by Gasteiger charge is -2.14. The van der Waals surface area contributed by atoms with E-state index in [0.717, 1.165) is 11.0 Å². The minimum absolute atomic E-state index is 0.0924. The maximum atomic E-state index is 13.2. The number of sulfone groups is 1. The predicted octanol–water partition coefficient (Wildman–Crippen LogP) is 3.80. The Morgan fingerprint density at radius 2 is 1.70 bits per heavy atom. The monoisotopic (exact) mass is 457 g/mol. The van der Waals surface area contributed by atoms with Crippen molar-refractivity contribution in [1.29, 1.82) is 0 Å². The molecule has 0 spiro atoms. The number of primary amides is 1. The van der Waals surface area contributed by atoms with Crippen molar-refractivity contribution in [3.05, 3.63) is 84.8 Å². The summed E-state index contributed by atoms with van der Waals surface area (Å²) in [4.78, 5) is 21.1. The smallest absolute Gasteiger partial charge is 0.252 e. The standard InChI is InChI=1S/C24H19N5O3S/c1-29-14-27-21-9-7-15(11-22(21)29)28-23-18-12-17(33(31,32)16-5-3-2-4-6-16)8-10-20(18)26-13-19(23)24(25)30/h2-14H,1H3,(H2,25,30)(H,26,28). The Labute approximate surface area is 189 Å². The normalized spacial score (nSPS) is 11.7. The van der Waals surface area contributed by atoms with Gasteiger partial charge in [-0.25, -0.2) is 13.4 Å². The Morgan fingerprint density at radius 1 is 0.939 bits per heavy atom. The van der Waals surface area contributed by atoms with Crippen molar-refractivity contribution in [3.8, 4) is 0 Å². The molecule has 5 rings (SSSR count). The number of hydrogen-bond donors (Lipinski definition) is 2. The molecule has 3 N–H and O–H groups in total. The highest BCUT2D eigenvalue weighted by molar-refractivity contribution is 7.91. The molecule has 164 valence electrons. The fourth-order valence-corrected chi connectivity index (χ4v) is 5.05. The van der Waals surface area contributed by atoms with Gasteiger partial charge in [-0.1, -0.05) is 18.2 Å². The minimum atomic E-state index is -3.76. The summed E-state index contributed by atoms with van der Waals surface area (Å²) in [7, 11) is -1.88. The third kappa shape index (κ3) is 3.58. The van der Waals surface area contributed by atoms with Gasteiger partial charge in [0.05, 0.1) is 43.9 Å². The van der Waals surface area contributed by atoms with Crippen LogP contribution in [0.25, 0.3) is 21.9 Å². The molecule has 0 aliphatic carbocycles. The fourth-order valence-electron chi connectivity index (χ4n) is 3.74. The summed E-state index contributed by atoms with van der Waals surface area (Å²) in [6, 6.07) is 18.4. The third-order valence-corrected chi connectivity index (χ3v) is 7.23. The first-order valence-electron chi connectivity index (χ1n) is 10.1. The van der Waals surface area contributed by atoms with Gasteiger partial charge in [0.1, 0.15) is 0 Å². The summed E-state index contributed by atoms with van der Waals surface area (Å²) >= 11 is 0. The van der Waals surface area contributed by atoms with E-state index in [-0.39, 0.29) is 15.4 Å². The number of carbonyl (C=O) groups excluding carboxylic acids is 1. The van der Waals surface area contributed by atoms with Crippen molar-refractivity contribution in [2.24, 2.45) is 12.8 Å². The van der Waals surface area contributed by atoms with Gasteiger partial charge in [-0.05, 0) is 48.5 Å². The van der Waals surface area contributed by atoms with Crippen molar-refractivity contribution in [1.82, 2.24) is 14.5 Å². The van der Waals surface area contributed by atoms with Crippen molar-refractivity contribution in [2.75, 3.05) is 5.32 Å². The van der Waals surface area contributed by atoms with Crippen LogP contribution in [0.4, 0.5) is 11.4 Å². The van der Waals surface area contributed by atoms with E-state index in [1.807, 2.05) is 29.8 Å². The Hall–Kier alpha value is -4.24. The van der Waals surface area contributed by atoms with Gasteiger partial charge in [-0.2, -0.15) is 0 Å². The van der Waals surface area contributed by atoms with Gasteiger partial charge >= 0.3 is 0 Å². The van der Waals surface area contributed by atoms with Crippen LogP contribution < -0.4 is 11.1 Å². The number of benzene rings is 3. The number of imidazole rings is 1. The number of aryl methyl sites for hydroxylation is 1. The highest BCUT2D eigenvalue weighted by Crippen LogP contribution is 2.33. The molecule has 0 atom stereocenters. The molecule has 0 aliphatic heterocycles. The number of nitrogens with zero attached hydrogens (tertiary/aromatic N) is 3. The first kappa shape index (κ1) is 20.7. The number of nitrogens with two attached hydrogens (primary N) is 1. The highest BCUT2D eigenvalue weighted by atomic mass is 32.2. The predicted molar refractivity (Wildman–Crippen MR) is 126 cm³/mol. The van der Waals surface area contributed by atoms with Gasteiger partial charge in [0.25, 0.3) is 5.91 Å². The van der Waals surface area contributed by atoms with Crippen LogP contribution in [0.2, 0.25) is 0 Å². The fraction of sp³-hybridized carbons (Fsp3) is 0.0417. The number of nitrogens with one attached hydrogen (secondary N) is 1. The molecule has 0 fully saturated rings. The summed E-state index contributed by atoms with van der Waals surface area (Å²) in [5, 5.41) is 3.71. The van der Waals surface area contributed by atoms with Gasteiger partial charge in [-0.3, -0.25) is 9.78 Å². The zero-order valence-electron chi connectivity index (χ0n) is 17.6. The maximum absolute atomic E-state index is 13.2. The molecule has 0 saturated heterocycles. The highest BCUT2D eigenvalue weighted by Gasteiger charge is 2.20. The molecule has 2 heterocycles. The summed E-state index contributed by atoms with van der Waals surface area (Å²) in [6.45, 7) is 0. The first-order chi connectivity index (χ1) is 15.8. The zero-order valence-corrected chi connectivity index (χ0v) is 18.4. The molecule has 33 heavy (non-hydrogen) atoms. The molecule has 0 unspecified atom stereocenters. The molecule has 0 saturated carbocycles. The molecule has 2 aromatic heterocycles. The molecule has 0 radical (unpaired) electrons. The van der Waals surface area contributed by atoms with Crippen molar-refractivity contribution in [2.45, 2.75) is 9.79 Å². The number of amides is 1. The molecular weight excluding hydrogens is 438 g/mol. The first-order valence-corrected chi connectivity index (χ1v) is 11.5. The van der Waals surface area contributed by atoms with E-state index < -0.39 is 15.7 Å². The van der Waals surface area contributed by atoms with Crippen LogP contribution in [0.3, 0.4) is 0 Å². The number of carbonyl (C=O) groups is 1.